The molecule has 0 spiro atoms. The number of aromatic nitrogens is 3. The van der Waals surface area contributed by atoms with Crippen molar-refractivity contribution in [3.8, 4) is 0 Å². The van der Waals surface area contributed by atoms with Gasteiger partial charge in [-0.15, -0.1) is 0 Å². The van der Waals surface area contributed by atoms with Crippen molar-refractivity contribution in [2.75, 3.05) is 5.32 Å². The normalized spacial score (nSPS) is 14.5. The van der Waals surface area contributed by atoms with Crippen LogP contribution in [0.25, 0.3) is 11.0 Å². The lowest BCUT2D eigenvalue weighted by atomic mass is 9.95. The van der Waals surface area contributed by atoms with Crippen molar-refractivity contribution in [1.29, 1.82) is 0 Å². The van der Waals surface area contributed by atoms with Crippen LogP contribution in [-0.4, -0.2) is 20.0 Å². The van der Waals surface area contributed by atoms with Crippen LogP contribution in [0.1, 0.15) is 54.1 Å². The molecule has 0 aliphatic heterocycles. The van der Waals surface area contributed by atoms with Crippen LogP contribution in [0.3, 0.4) is 0 Å². The lowest BCUT2D eigenvalue weighted by Crippen LogP contribution is -2.30. The first-order chi connectivity index (χ1) is 15.7. The van der Waals surface area contributed by atoms with E-state index in [0.717, 1.165) is 29.4 Å². The standard InChI is InChI=1S/C26H26N4O2/c31-24(21-14-9-17-29(25(21)32)18-19-10-3-1-4-11-19)28-26-27-22-15-7-8-16-23(22)30(26)20-12-5-2-6-13-20/h1,3-4,7-11,14-17,20H,2,5-6,12-13,18H2,(H,27,28,31). The van der Waals surface area contributed by atoms with Crippen LogP contribution < -0.4 is 10.9 Å². The molecule has 1 fully saturated rings. The van der Waals surface area contributed by atoms with Gasteiger partial charge in [-0.25, -0.2) is 4.98 Å². The first-order valence-corrected chi connectivity index (χ1v) is 11.2. The van der Waals surface area contributed by atoms with Gasteiger partial charge in [0.15, 0.2) is 0 Å². The molecule has 1 aliphatic carbocycles. The van der Waals surface area contributed by atoms with Crippen molar-refractivity contribution in [3.63, 3.8) is 0 Å². The van der Waals surface area contributed by atoms with E-state index in [1.54, 1.807) is 22.9 Å². The summed E-state index contributed by atoms with van der Waals surface area (Å²) in [6, 6.07) is 21.3. The number of carbonyl (C=O) groups excluding carboxylic acids is 1. The zero-order chi connectivity index (χ0) is 21.9. The Kier molecular flexibility index (Phi) is 5.58. The average Bonchev–Trinajstić information content (AvgIpc) is 3.19. The van der Waals surface area contributed by atoms with Gasteiger partial charge in [0.2, 0.25) is 5.95 Å². The van der Waals surface area contributed by atoms with Crippen LogP contribution >= 0.6 is 0 Å². The molecular weight excluding hydrogens is 400 g/mol. The van der Waals surface area contributed by atoms with E-state index in [9.17, 15) is 9.59 Å². The van der Waals surface area contributed by atoms with Gasteiger partial charge in [0.25, 0.3) is 11.5 Å². The van der Waals surface area contributed by atoms with Gasteiger partial charge in [0, 0.05) is 12.2 Å². The second-order valence-electron chi connectivity index (χ2n) is 8.38. The van der Waals surface area contributed by atoms with Gasteiger partial charge < -0.3 is 9.13 Å². The number of nitrogens with zero attached hydrogens (tertiary/aromatic N) is 3. The summed E-state index contributed by atoms with van der Waals surface area (Å²) < 4.78 is 3.71. The smallest absolute Gasteiger partial charge is 0.263 e. The highest BCUT2D eigenvalue weighted by molar-refractivity contribution is 6.03. The monoisotopic (exact) mass is 426 g/mol. The summed E-state index contributed by atoms with van der Waals surface area (Å²) in [5, 5.41) is 2.95. The molecule has 0 bridgehead atoms. The Morgan fingerprint density at radius 1 is 0.938 bits per heavy atom. The van der Waals surface area contributed by atoms with E-state index in [1.165, 1.54) is 19.3 Å². The largest absolute Gasteiger partial charge is 0.310 e. The predicted molar refractivity (Wildman–Crippen MR) is 126 cm³/mol. The van der Waals surface area contributed by atoms with Gasteiger partial charge in [-0.2, -0.15) is 0 Å². The average molecular weight is 427 g/mol. The summed E-state index contributed by atoms with van der Waals surface area (Å²) in [6.07, 6.45) is 7.44. The molecule has 6 nitrogen and oxygen atoms in total. The molecule has 2 heterocycles. The molecule has 6 heteroatoms. The quantitative estimate of drug-likeness (QED) is 0.488. The molecule has 0 saturated heterocycles. The Hall–Kier alpha value is -3.67. The molecule has 2 aromatic heterocycles. The highest BCUT2D eigenvalue weighted by atomic mass is 16.2. The fourth-order valence-corrected chi connectivity index (χ4v) is 4.62. The molecule has 1 N–H and O–H groups in total. The molecule has 1 aliphatic rings. The number of nitrogens with one attached hydrogen (secondary N) is 1. The molecule has 4 aromatic rings. The SMILES string of the molecule is O=C(Nc1nc2ccccc2n1C1CCCCC1)c1cccn(Cc2ccccc2)c1=O. The van der Waals surface area contributed by atoms with Gasteiger partial charge in [-0.3, -0.25) is 14.9 Å². The highest BCUT2D eigenvalue weighted by Crippen LogP contribution is 2.34. The van der Waals surface area contributed by atoms with E-state index in [4.69, 9.17) is 4.98 Å². The van der Waals surface area contributed by atoms with E-state index < -0.39 is 5.91 Å². The maximum absolute atomic E-state index is 13.2. The van der Waals surface area contributed by atoms with E-state index in [1.807, 2.05) is 54.6 Å². The number of hydrogen-bond donors (Lipinski definition) is 1. The van der Waals surface area contributed by atoms with Crippen molar-refractivity contribution in [1.82, 2.24) is 14.1 Å². The maximum Gasteiger partial charge on any atom is 0.263 e. The Bertz CT molecular complexity index is 1300. The van der Waals surface area contributed by atoms with Crippen LogP contribution in [0.15, 0.2) is 77.7 Å². The first kappa shape index (κ1) is 20.2. The predicted octanol–water partition coefficient (Wildman–Crippen LogP) is 5.00. The van der Waals surface area contributed by atoms with Crippen molar-refractivity contribution in [2.24, 2.45) is 0 Å². The molecule has 5 rings (SSSR count). The molecule has 32 heavy (non-hydrogen) atoms. The third-order valence-electron chi connectivity index (χ3n) is 6.22. The molecule has 0 atom stereocenters. The minimum Gasteiger partial charge on any atom is -0.310 e. The number of carbonyl (C=O) groups is 1. The molecule has 1 amide bonds. The van der Waals surface area contributed by atoms with Crippen LogP contribution in [0.2, 0.25) is 0 Å². The van der Waals surface area contributed by atoms with E-state index in [0.29, 0.717) is 18.5 Å². The lowest BCUT2D eigenvalue weighted by Gasteiger charge is -2.25. The minimum atomic E-state index is -0.426. The first-order valence-electron chi connectivity index (χ1n) is 11.2. The van der Waals surface area contributed by atoms with Crippen molar-refractivity contribution in [2.45, 2.75) is 44.7 Å². The number of anilines is 1. The van der Waals surface area contributed by atoms with Gasteiger partial charge in [-0.05, 0) is 42.7 Å². The molecule has 0 unspecified atom stereocenters. The molecule has 2 aromatic carbocycles. The number of imidazole rings is 1. The number of fused-ring (bicyclic) bond motifs is 1. The number of benzene rings is 2. The summed E-state index contributed by atoms with van der Waals surface area (Å²) >= 11 is 0. The van der Waals surface area contributed by atoms with Crippen LogP contribution in [-0.2, 0) is 6.54 Å². The number of amides is 1. The number of pyridine rings is 1. The third-order valence-corrected chi connectivity index (χ3v) is 6.22. The third kappa shape index (κ3) is 3.96. The fourth-order valence-electron chi connectivity index (χ4n) is 4.62. The maximum atomic E-state index is 13.2. The minimum absolute atomic E-state index is 0.116. The molecule has 162 valence electrons. The summed E-state index contributed by atoms with van der Waals surface area (Å²) in [6.45, 7) is 0.418. The van der Waals surface area contributed by atoms with E-state index in [-0.39, 0.29) is 11.1 Å². The van der Waals surface area contributed by atoms with Gasteiger partial charge in [0.1, 0.15) is 5.56 Å². The Balaban J connectivity index is 1.47. The lowest BCUT2D eigenvalue weighted by molar-refractivity contribution is 0.102. The van der Waals surface area contributed by atoms with Crippen molar-refractivity contribution < 1.29 is 4.79 Å². The summed E-state index contributed by atoms with van der Waals surface area (Å²) in [4.78, 5) is 30.9. The van der Waals surface area contributed by atoms with E-state index in [2.05, 4.69) is 9.88 Å². The van der Waals surface area contributed by atoms with Crippen LogP contribution in [0.4, 0.5) is 5.95 Å². The summed E-state index contributed by atoms with van der Waals surface area (Å²) in [7, 11) is 0. The number of rotatable bonds is 5. The Morgan fingerprint density at radius 2 is 1.69 bits per heavy atom. The van der Waals surface area contributed by atoms with Gasteiger partial charge in [0.05, 0.1) is 17.6 Å². The molecule has 1 saturated carbocycles. The van der Waals surface area contributed by atoms with Gasteiger partial charge >= 0.3 is 0 Å². The Labute approximate surface area is 186 Å². The topological polar surface area (TPSA) is 68.9 Å². The fraction of sp³-hybridized carbons (Fsp3) is 0.269. The van der Waals surface area contributed by atoms with Crippen LogP contribution in [0.5, 0.6) is 0 Å². The summed E-state index contributed by atoms with van der Waals surface area (Å²) in [5.74, 6) is 0.0886. The molecule has 0 radical (unpaired) electrons. The van der Waals surface area contributed by atoms with Crippen LogP contribution in [0, 0.1) is 0 Å². The van der Waals surface area contributed by atoms with Gasteiger partial charge in [-0.1, -0.05) is 61.7 Å². The molecular formula is C26H26N4O2. The zero-order valence-electron chi connectivity index (χ0n) is 17.9. The zero-order valence-corrected chi connectivity index (χ0v) is 17.9. The van der Waals surface area contributed by atoms with Crippen molar-refractivity contribution in [3.05, 3.63) is 94.4 Å². The highest BCUT2D eigenvalue weighted by Gasteiger charge is 2.23. The Morgan fingerprint density at radius 3 is 2.50 bits per heavy atom. The number of para-hydroxylation sites is 2. The second kappa shape index (κ2) is 8.83. The summed E-state index contributed by atoms with van der Waals surface area (Å²) in [5.41, 5.74) is 2.68. The van der Waals surface area contributed by atoms with E-state index >= 15 is 0 Å². The second-order valence-corrected chi connectivity index (χ2v) is 8.38. The van der Waals surface area contributed by atoms with Crippen molar-refractivity contribution >= 4 is 22.9 Å². The number of hydrogen-bond acceptors (Lipinski definition) is 3.